The standard InChI is InChI=1S/C28H25N3O3S/c1-18-7-11-21(12-8-18)30-26(32)24(17-29)28-31(22-13-9-19(2)10-14-22)27(33)25(35-28)16-20-5-4-6-23(15-20)34-3/h4-15,25H,16H2,1-3H3,(H,30,32)/b28-24-. The van der Waals surface area contributed by atoms with Crippen LogP contribution in [0.3, 0.4) is 0 Å². The van der Waals surface area contributed by atoms with E-state index in [1.54, 1.807) is 19.2 Å². The lowest BCUT2D eigenvalue weighted by Gasteiger charge is -2.19. The van der Waals surface area contributed by atoms with E-state index in [1.807, 2.05) is 80.6 Å². The third kappa shape index (κ3) is 5.39. The van der Waals surface area contributed by atoms with Gasteiger partial charge in [-0.25, -0.2) is 0 Å². The fraction of sp³-hybridized carbons (Fsp3) is 0.179. The van der Waals surface area contributed by atoms with Crippen molar-refractivity contribution in [3.8, 4) is 11.8 Å². The van der Waals surface area contributed by atoms with Crippen molar-refractivity contribution in [1.29, 1.82) is 5.26 Å². The molecule has 0 radical (unpaired) electrons. The smallest absolute Gasteiger partial charge is 0.269 e. The number of carbonyl (C=O) groups excluding carboxylic acids is 2. The summed E-state index contributed by atoms with van der Waals surface area (Å²) in [5.41, 5.74) is 4.14. The molecule has 1 aliphatic rings. The fourth-order valence-electron chi connectivity index (χ4n) is 3.76. The number of anilines is 2. The molecular formula is C28H25N3O3S. The van der Waals surface area contributed by atoms with Crippen LogP contribution in [0, 0.1) is 25.2 Å². The van der Waals surface area contributed by atoms with Crippen molar-refractivity contribution in [3.05, 3.63) is 100 Å². The molecule has 1 N–H and O–H groups in total. The van der Waals surface area contributed by atoms with Gasteiger partial charge in [0, 0.05) is 11.4 Å². The molecule has 1 atom stereocenters. The first-order chi connectivity index (χ1) is 16.9. The lowest BCUT2D eigenvalue weighted by molar-refractivity contribution is -0.117. The summed E-state index contributed by atoms with van der Waals surface area (Å²) in [5, 5.41) is 12.6. The summed E-state index contributed by atoms with van der Waals surface area (Å²) >= 11 is 1.24. The van der Waals surface area contributed by atoms with Crippen LogP contribution in [0.2, 0.25) is 0 Å². The zero-order valence-corrected chi connectivity index (χ0v) is 20.6. The van der Waals surface area contributed by atoms with E-state index in [0.717, 1.165) is 16.7 Å². The van der Waals surface area contributed by atoms with Gasteiger partial charge in [-0.3, -0.25) is 14.5 Å². The predicted octanol–water partition coefficient (Wildman–Crippen LogP) is 5.38. The van der Waals surface area contributed by atoms with Gasteiger partial charge >= 0.3 is 0 Å². The zero-order chi connectivity index (χ0) is 24.9. The molecule has 0 saturated carbocycles. The normalized spacial score (nSPS) is 16.6. The second-order valence-corrected chi connectivity index (χ2v) is 9.47. The maximum atomic E-state index is 13.6. The van der Waals surface area contributed by atoms with Gasteiger partial charge in [0.15, 0.2) is 0 Å². The van der Waals surface area contributed by atoms with Crippen LogP contribution in [-0.2, 0) is 16.0 Å². The molecule has 1 fully saturated rings. The summed E-state index contributed by atoms with van der Waals surface area (Å²) in [5.74, 6) is -0.0161. The van der Waals surface area contributed by atoms with Crippen LogP contribution in [0.1, 0.15) is 16.7 Å². The third-order valence-corrected chi connectivity index (χ3v) is 6.93. The number of nitrogens with zero attached hydrogens (tertiary/aromatic N) is 2. The van der Waals surface area contributed by atoms with E-state index < -0.39 is 11.2 Å². The highest BCUT2D eigenvalue weighted by Gasteiger charge is 2.40. The number of carbonyl (C=O) groups is 2. The number of nitriles is 1. The highest BCUT2D eigenvalue weighted by molar-refractivity contribution is 8.05. The second-order valence-electron chi connectivity index (χ2n) is 8.28. The Morgan fingerprint density at radius 1 is 1.06 bits per heavy atom. The Morgan fingerprint density at radius 2 is 1.71 bits per heavy atom. The quantitative estimate of drug-likeness (QED) is 0.376. The molecule has 1 unspecified atom stereocenters. The van der Waals surface area contributed by atoms with Crippen molar-refractivity contribution in [3.63, 3.8) is 0 Å². The molecule has 3 aromatic carbocycles. The number of benzene rings is 3. The number of amides is 2. The van der Waals surface area contributed by atoms with E-state index in [2.05, 4.69) is 5.32 Å². The first-order valence-corrected chi connectivity index (χ1v) is 12.0. The summed E-state index contributed by atoms with van der Waals surface area (Å²) in [6, 6.07) is 24.4. The third-order valence-electron chi connectivity index (χ3n) is 5.66. The Balaban J connectivity index is 1.71. The molecule has 0 aliphatic carbocycles. The van der Waals surface area contributed by atoms with Crippen molar-refractivity contribution in [2.45, 2.75) is 25.5 Å². The van der Waals surface area contributed by atoms with Gasteiger partial charge in [-0.15, -0.1) is 0 Å². The second kappa shape index (κ2) is 10.5. The van der Waals surface area contributed by atoms with Gasteiger partial charge in [-0.1, -0.05) is 59.3 Å². The summed E-state index contributed by atoms with van der Waals surface area (Å²) in [4.78, 5) is 28.2. The lowest BCUT2D eigenvalue weighted by Crippen LogP contribution is -2.30. The Bertz CT molecular complexity index is 1320. The molecule has 0 bridgehead atoms. The molecule has 0 aromatic heterocycles. The Hall–Kier alpha value is -4.02. The van der Waals surface area contributed by atoms with Crippen molar-refractivity contribution < 1.29 is 14.3 Å². The van der Waals surface area contributed by atoms with Crippen LogP contribution in [0.4, 0.5) is 11.4 Å². The van der Waals surface area contributed by atoms with E-state index in [9.17, 15) is 14.9 Å². The van der Waals surface area contributed by atoms with Crippen molar-refractivity contribution in [1.82, 2.24) is 0 Å². The maximum Gasteiger partial charge on any atom is 0.269 e. The molecule has 1 heterocycles. The van der Waals surface area contributed by atoms with Crippen LogP contribution >= 0.6 is 11.8 Å². The number of methoxy groups -OCH3 is 1. The molecule has 3 aromatic rings. The van der Waals surface area contributed by atoms with Crippen LogP contribution < -0.4 is 15.0 Å². The molecular weight excluding hydrogens is 458 g/mol. The molecule has 0 spiro atoms. The minimum Gasteiger partial charge on any atom is -0.497 e. The number of hydrogen-bond acceptors (Lipinski definition) is 5. The average molecular weight is 484 g/mol. The van der Waals surface area contributed by atoms with Crippen molar-refractivity contribution >= 4 is 35.0 Å². The summed E-state index contributed by atoms with van der Waals surface area (Å²) in [6.07, 6.45) is 0.435. The first kappa shape index (κ1) is 24.1. The molecule has 2 amide bonds. The van der Waals surface area contributed by atoms with Crippen molar-refractivity contribution in [2.24, 2.45) is 0 Å². The van der Waals surface area contributed by atoms with Gasteiger partial charge < -0.3 is 10.1 Å². The molecule has 6 nitrogen and oxygen atoms in total. The lowest BCUT2D eigenvalue weighted by atomic mass is 10.1. The fourth-order valence-corrected chi connectivity index (χ4v) is 5.07. The SMILES string of the molecule is COc1cccc(CC2S/C(=C(/C#N)C(=O)Nc3ccc(C)cc3)N(c3ccc(C)cc3)C2=O)c1. The molecule has 7 heteroatoms. The Morgan fingerprint density at radius 3 is 2.34 bits per heavy atom. The predicted molar refractivity (Wildman–Crippen MR) is 139 cm³/mol. The number of rotatable bonds is 6. The van der Waals surface area contributed by atoms with E-state index in [-0.39, 0.29) is 11.5 Å². The molecule has 35 heavy (non-hydrogen) atoms. The number of thioether (sulfide) groups is 1. The van der Waals surface area contributed by atoms with Gasteiger partial charge in [-0.2, -0.15) is 5.26 Å². The molecule has 4 rings (SSSR count). The number of hydrogen-bond donors (Lipinski definition) is 1. The largest absolute Gasteiger partial charge is 0.497 e. The Labute approximate surface area is 209 Å². The topological polar surface area (TPSA) is 82.4 Å². The zero-order valence-electron chi connectivity index (χ0n) is 19.7. The summed E-state index contributed by atoms with van der Waals surface area (Å²) in [7, 11) is 1.60. The highest BCUT2D eigenvalue weighted by atomic mass is 32.2. The van der Waals surface area contributed by atoms with Crippen molar-refractivity contribution in [2.75, 3.05) is 17.3 Å². The number of aryl methyl sites for hydroxylation is 2. The van der Waals surface area contributed by atoms with E-state index in [1.165, 1.54) is 16.7 Å². The average Bonchev–Trinajstić information content (AvgIpc) is 3.17. The number of nitrogens with one attached hydrogen (secondary N) is 1. The Kier molecular flexibility index (Phi) is 7.23. The molecule has 1 aliphatic heterocycles. The van der Waals surface area contributed by atoms with Crippen LogP contribution in [0.15, 0.2) is 83.4 Å². The molecule has 176 valence electrons. The van der Waals surface area contributed by atoms with Gasteiger partial charge in [0.2, 0.25) is 5.91 Å². The van der Waals surface area contributed by atoms with Gasteiger partial charge in [0.1, 0.15) is 22.4 Å². The van der Waals surface area contributed by atoms with E-state index in [0.29, 0.717) is 28.6 Å². The van der Waals surface area contributed by atoms with E-state index >= 15 is 0 Å². The van der Waals surface area contributed by atoms with Crippen LogP contribution in [0.5, 0.6) is 5.75 Å². The van der Waals surface area contributed by atoms with Gasteiger partial charge in [-0.05, 0) is 62.2 Å². The number of ether oxygens (including phenoxy) is 1. The monoisotopic (exact) mass is 483 g/mol. The van der Waals surface area contributed by atoms with Crippen LogP contribution in [-0.4, -0.2) is 24.2 Å². The minimum absolute atomic E-state index is 0.0994. The van der Waals surface area contributed by atoms with Gasteiger partial charge in [0.25, 0.3) is 5.91 Å². The maximum absolute atomic E-state index is 13.6. The highest BCUT2D eigenvalue weighted by Crippen LogP contribution is 2.42. The molecule has 1 saturated heterocycles. The van der Waals surface area contributed by atoms with Gasteiger partial charge in [0.05, 0.1) is 12.4 Å². The first-order valence-electron chi connectivity index (χ1n) is 11.1. The van der Waals surface area contributed by atoms with Crippen LogP contribution in [0.25, 0.3) is 0 Å². The minimum atomic E-state index is -0.550. The summed E-state index contributed by atoms with van der Waals surface area (Å²) in [6.45, 7) is 3.92. The summed E-state index contributed by atoms with van der Waals surface area (Å²) < 4.78 is 5.31. The van der Waals surface area contributed by atoms with E-state index in [4.69, 9.17) is 4.74 Å².